The molecule has 4 nitrogen and oxygen atoms in total. The predicted molar refractivity (Wildman–Crippen MR) is 70.4 cm³/mol. The van der Waals surface area contributed by atoms with Crippen LogP contribution in [0.15, 0.2) is 30.5 Å². The van der Waals surface area contributed by atoms with Crippen LogP contribution in [-0.2, 0) is 13.2 Å². The fourth-order valence-corrected chi connectivity index (χ4v) is 1.69. The van der Waals surface area contributed by atoms with Gasteiger partial charge < -0.3 is 10.5 Å². The number of hydrogen-bond donors (Lipinski definition) is 1. The van der Waals surface area contributed by atoms with Crippen molar-refractivity contribution in [2.24, 2.45) is 5.73 Å². The van der Waals surface area contributed by atoms with Crippen molar-refractivity contribution >= 4 is 11.6 Å². The molecule has 0 spiro atoms. The summed E-state index contributed by atoms with van der Waals surface area (Å²) in [5.41, 5.74) is 8.20. The van der Waals surface area contributed by atoms with Crippen LogP contribution in [-0.4, -0.2) is 9.97 Å². The number of aryl methyl sites for hydroxylation is 1. The summed E-state index contributed by atoms with van der Waals surface area (Å²) in [5, 5.41) is 0.674. The van der Waals surface area contributed by atoms with E-state index in [9.17, 15) is 0 Å². The molecule has 0 bridgehead atoms. The van der Waals surface area contributed by atoms with Gasteiger partial charge in [0.25, 0.3) is 0 Å². The zero-order valence-electron chi connectivity index (χ0n) is 10.1. The Kier molecular flexibility index (Phi) is 4.12. The van der Waals surface area contributed by atoms with Crippen LogP contribution < -0.4 is 10.5 Å². The summed E-state index contributed by atoms with van der Waals surface area (Å²) >= 11 is 6.03. The van der Waals surface area contributed by atoms with E-state index in [0.717, 1.165) is 16.8 Å². The van der Waals surface area contributed by atoms with E-state index >= 15 is 0 Å². The topological polar surface area (TPSA) is 61.0 Å². The number of ether oxygens (including phenoxy) is 1. The molecule has 0 unspecified atom stereocenters. The molecule has 0 atom stereocenters. The standard InChI is InChI=1S/C13H14ClN3O/c1-9-11(6-15)7-16-13(17-9)18-8-10-4-2-3-5-12(10)14/h2-5,7H,6,8,15H2,1H3. The normalized spacial score (nSPS) is 10.4. The van der Waals surface area contributed by atoms with E-state index in [1.807, 2.05) is 31.2 Å². The van der Waals surface area contributed by atoms with Gasteiger partial charge in [0, 0.05) is 34.6 Å². The number of rotatable bonds is 4. The number of nitrogens with two attached hydrogens (primary N) is 1. The lowest BCUT2D eigenvalue weighted by molar-refractivity contribution is 0.280. The van der Waals surface area contributed by atoms with Gasteiger partial charge in [-0.25, -0.2) is 9.97 Å². The maximum absolute atomic E-state index is 6.03. The maximum atomic E-state index is 6.03. The molecule has 0 aliphatic rings. The van der Waals surface area contributed by atoms with Crippen molar-refractivity contribution in [3.63, 3.8) is 0 Å². The van der Waals surface area contributed by atoms with Gasteiger partial charge in [-0.1, -0.05) is 29.8 Å². The highest BCUT2D eigenvalue weighted by atomic mass is 35.5. The molecule has 2 aromatic rings. The van der Waals surface area contributed by atoms with Gasteiger partial charge in [0.2, 0.25) is 0 Å². The number of halogens is 1. The highest BCUT2D eigenvalue weighted by molar-refractivity contribution is 6.31. The maximum Gasteiger partial charge on any atom is 0.316 e. The minimum absolute atomic E-state index is 0.338. The Balaban J connectivity index is 2.07. The van der Waals surface area contributed by atoms with Crippen molar-refractivity contribution in [3.8, 4) is 6.01 Å². The second-order valence-electron chi connectivity index (χ2n) is 3.85. The molecule has 5 heteroatoms. The number of nitrogens with zero attached hydrogens (tertiary/aromatic N) is 2. The molecule has 2 N–H and O–H groups in total. The van der Waals surface area contributed by atoms with E-state index in [0.29, 0.717) is 24.2 Å². The van der Waals surface area contributed by atoms with Crippen LogP contribution in [0.2, 0.25) is 5.02 Å². The monoisotopic (exact) mass is 263 g/mol. The van der Waals surface area contributed by atoms with Gasteiger partial charge in [-0.05, 0) is 13.0 Å². The Labute approximate surface area is 111 Å². The second kappa shape index (κ2) is 5.80. The van der Waals surface area contributed by atoms with Crippen molar-refractivity contribution in [1.29, 1.82) is 0 Å². The Bertz CT molecular complexity index is 546. The molecule has 0 aliphatic heterocycles. The third-order valence-electron chi connectivity index (χ3n) is 2.59. The van der Waals surface area contributed by atoms with Crippen molar-refractivity contribution < 1.29 is 4.74 Å². The Morgan fingerprint density at radius 1 is 1.28 bits per heavy atom. The Hall–Kier alpha value is -1.65. The van der Waals surface area contributed by atoms with Crippen LogP contribution in [0.5, 0.6) is 6.01 Å². The van der Waals surface area contributed by atoms with Crippen LogP contribution in [0.25, 0.3) is 0 Å². The fourth-order valence-electron chi connectivity index (χ4n) is 1.50. The lowest BCUT2D eigenvalue weighted by Gasteiger charge is -2.07. The van der Waals surface area contributed by atoms with E-state index in [1.54, 1.807) is 6.20 Å². The number of hydrogen-bond acceptors (Lipinski definition) is 4. The van der Waals surface area contributed by atoms with Crippen molar-refractivity contribution in [1.82, 2.24) is 9.97 Å². The summed E-state index contributed by atoms with van der Waals surface area (Å²) in [7, 11) is 0. The molecule has 0 aliphatic carbocycles. The molecular weight excluding hydrogens is 250 g/mol. The minimum atomic E-state index is 0.338. The summed E-state index contributed by atoms with van der Waals surface area (Å²) in [4.78, 5) is 8.33. The average Bonchev–Trinajstić information content (AvgIpc) is 2.38. The molecule has 18 heavy (non-hydrogen) atoms. The molecule has 0 saturated carbocycles. The van der Waals surface area contributed by atoms with E-state index in [1.165, 1.54) is 0 Å². The molecular formula is C13H14ClN3O. The summed E-state index contributed by atoms with van der Waals surface area (Å²) in [6.45, 7) is 2.66. The molecule has 1 heterocycles. The molecule has 0 amide bonds. The van der Waals surface area contributed by atoms with Crippen molar-refractivity contribution in [2.75, 3.05) is 0 Å². The van der Waals surface area contributed by atoms with Gasteiger partial charge in [0.1, 0.15) is 6.61 Å². The smallest absolute Gasteiger partial charge is 0.316 e. The second-order valence-corrected chi connectivity index (χ2v) is 4.25. The van der Waals surface area contributed by atoms with Gasteiger partial charge in [-0.3, -0.25) is 0 Å². The zero-order chi connectivity index (χ0) is 13.0. The fraction of sp³-hybridized carbons (Fsp3) is 0.231. The van der Waals surface area contributed by atoms with E-state index in [4.69, 9.17) is 22.1 Å². The highest BCUT2D eigenvalue weighted by Gasteiger charge is 2.04. The lowest BCUT2D eigenvalue weighted by atomic mass is 10.2. The third-order valence-corrected chi connectivity index (χ3v) is 2.96. The van der Waals surface area contributed by atoms with Gasteiger partial charge in [-0.2, -0.15) is 0 Å². The first-order valence-electron chi connectivity index (χ1n) is 5.59. The lowest BCUT2D eigenvalue weighted by Crippen LogP contribution is -2.05. The van der Waals surface area contributed by atoms with Crippen LogP contribution in [0.1, 0.15) is 16.8 Å². The Morgan fingerprint density at radius 2 is 2.06 bits per heavy atom. The van der Waals surface area contributed by atoms with Gasteiger partial charge in [0.15, 0.2) is 0 Å². The molecule has 1 aromatic heterocycles. The van der Waals surface area contributed by atoms with E-state index in [2.05, 4.69) is 9.97 Å². The van der Waals surface area contributed by atoms with Gasteiger partial charge >= 0.3 is 6.01 Å². The van der Waals surface area contributed by atoms with Crippen molar-refractivity contribution in [2.45, 2.75) is 20.1 Å². The van der Waals surface area contributed by atoms with Crippen LogP contribution in [0.4, 0.5) is 0 Å². The molecule has 1 aromatic carbocycles. The first-order chi connectivity index (χ1) is 8.70. The Morgan fingerprint density at radius 3 is 2.72 bits per heavy atom. The molecule has 2 rings (SSSR count). The molecule has 0 radical (unpaired) electrons. The predicted octanol–water partition coefficient (Wildman–Crippen LogP) is 2.48. The van der Waals surface area contributed by atoms with E-state index < -0.39 is 0 Å². The van der Waals surface area contributed by atoms with Crippen molar-refractivity contribution in [3.05, 3.63) is 52.3 Å². The highest BCUT2D eigenvalue weighted by Crippen LogP contribution is 2.17. The quantitative estimate of drug-likeness (QED) is 0.921. The minimum Gasteiger partial charge on any atom is -0.459 e. The largest absolute Gasteiger partial charge is 0.459 e. The summed E-state index contributed by atoms with van der Waals surface area (Å²) in [6.07, 6.45) is 1.68. The first-order valence-corrected chi connectivity index (χ1v) is 5.97. The molecule has 94 valence electrons. The number of benzene rings is 1. The van der Waals surface area contributed by atoms with Crippen LogP contribution in [0.3, 0.4) is 0 Å². The van der Waals surface area contributed by atoms with E-state index in [-0.39, 0.29) is 0 Å². The summed E-state index contributed by atoms with van der Waals surface area (Å²) < 4.78 is 5.51. The van der Waals surface area contributed by atoms with Crippen LogP contribution >= 0.6 is 11.6 Å². The number of aromatic nitrogens is 2. The zero-order valence-corrected chi connectivity index (χ0v) is 10.8. The first kappa shape index (κ1) is 12.8. The van der Waals surface area contributed by atoms with Crippen LogP contribution in [0, 0.1) is 6.92 Å². The average molecular weight is 264 g/mol. The molecule has 0 fully saturated rings. The summed E-state index contributed by atoms with van der Waals surface area (Å²) in [5.74, 6) is 0. The van der Waals surface area contributed by atoms with Gasteiger partial charge in [0.05, 0.1) is 0 Å². The molecule has 0 saturated heterocycles. The van der Waals surface area contributed by atoms with Gasteiger partial charge in [-0.15, -0.1) is 0 Å². The SMILES string of the molecule is Cc1nc(OCc2ccccc2Cl)ncc1CN. The third kappa shape index (κ3) is 2.97. The summed E-state index contributed by atoms with van der Waals surface area (Å²) in [6, 6.07) is 7.86.